The predicted molar refractivity (Wildman–Crippen MR) is 117 cm³/mol. The number of aromatic nitrogens is 1. The summed E-state index contributed by atoms with van der Waals surface area (Å²) in [5.74, 6) is -2.10. The van der Waals surface area contributed by atoms with E-state index in [4.69, 9.17) is 0 Å². The summed E-state index contributed by atoms with van der Waals surface area (Å²) in [6.45, 7) is 4.89. The number of ketones is 1. The number of piperazine rings is 1. The van der Waals surface area contributed by atoms with Crippen molar-refractivity contribution in [2.75, 3.05) is 24.5 Å². The fourth-order valence-electron chi connectivity index (χ4n) is 4.69. The molecule has 33 heavy (non-hydrogen) atoms. The molecule has 1 unspecified atom stereocenters. The quantitative estimate of drug-likeness (QED) is 0.699. The van der Waals surface area contributed by atoms with Crippen molar-refractivity contribution in [3.8, 4) is 0 Å². The monoisotopic (exact) mass is 456 g/mol. The Kier molecular flexibility index (Phi) is 6.14. The van der Waals surface area contributed by atoms with Crippen LogP contribution in [0.2, 0.25) is 0 Å². The van der Waals surface area contributed by atoms with E-state index >= 15 is 0 Å². The molecule has 0 spiro atoms. The van der Waals surface area contributed by atoms with E-state index in [1.807, 2.05) is 11.8 Å². The molecule has 2 aliphatic heterocycles. The number of rotatable bonds is 5. The third-order valence-electron chi connectivity index (χ3n) is 6.35. The molecule has 2 saturated heterocycles. The normalized spacial score (nSPS) is 23.1. The van der Waals surface area contributed by atoms with Crippen molar-refractivity contribution in [2.45, 2.75) is 44.7 Å². The SMILES string of the molecule is Cc1cccc(C2(CCC(=O)N3CCN(c4cc(F)cc(F)c4)[C@@H](C)C3)NC(=O)CC2=O)n1. The van der Waals surface area contributed by atoms with Crippen LogP contribution in [0, 0.1) is 18.6 Å². The number of hydrogen-bond donors (Lipinski definition) is 1. The van der Waals surface area contributed by atoms with Gasteiger partial charge >= 0.3 is 0 Å². The number of pyridine rings is 1. The molecule has 2 aliphatic rings. The summed E-state index contributed by atoms with van der Waals surface area (Å²) in [4.78, 5) is 45.8. The molecular weight excluding hydrogens is 430 g/mol. The molecule has 9 heteroatoms. The molecule has 0 saturated carbocycles. The maximum Gasteiger partial charge on any atom is 0.228 e. The summed E-state index contributed by atoms with van der Waals surface area (Å²) in [7, 11) is 0. The Morgan fingerprint density at radius 2 is 1.91 bits per heavy atom. The van der Waals surface area contributed by atoms with Gasteiger partial charge in [-0.2, -0.15) is 0 Å². The lowest BCUT2D eigenvalue weighted by molar-refractivity contribution is -0.133. The van der Waals surface area contributed by atoms with Gasteiger partial charge in [-0.15, -0.1) is 0 Å². The maximum atomic E-state index is 13.6. The number of anilines is 1. The van der Waals surface area contributed by atoms with Gasteiger partial charge in [0.05, 0.1) is 12.1 Å². The van der Waals surface area contributed by atoms with Gasteiger partial charge in [-0.1, -0.05) is 6.07 Å². The lowest BCUT2D eigenvalue weighted by Gasteiger charge is -2.41. The van der Waals surface area contributed by atoms with Crippen molar-refractivity contribution in [3.63, 3.8) is 0 Å². The van der Waals surface area contributed by atoms with Crippen LogP contribution in [0.5, 0.6) is 0 Å². The van der Waals surface area contributed by atoms with Crippen molar-refractivity contribution < 1.29 is 23.2 Å². The average molecular weight is 456 g/mol. The van der Waals surface area contributed by atoms with E-state index in [-0.39, 0.29) is 42.9 Å². The van der Waals surface area contributed by atoms with Crippen LogP contribution in [0.3, 0.4) is 0 Å². The van der Waals surface area contributed by atoms with Crippen LogP contribution in [-0.4, -0.2) is 53.2 Å². The van der Waals surface area contributed by atoms with Gasteiger partial charge in [0.15, 0.2) is 5.78 Å². The van der Waals surface area contributed by atoms with Crippen molar-refractivity contribution in [1.82, 2.24) is 15.2 Å². The summed E-state index contributed by atoms with van der Waals surface area (Å²) in [5.41, 5.74) is 0.296. The van der Waals surface area contributed by atoms with E-state index in [0.29, 0.717) is 36.7 Å². The van der Waals surface area contributed by atoms with Gasteiger partial charge in [0.1, 0.15) is 17.2 Å². The van der Waals surface area contributed by atoms with E-state index < -0.39 is 17.2 Å². The first-order chi connectivity index (χ1) is 15.7. The Hall–Kier alpha value is -3.36. The van der Waals surface area contributed by atoms with Gasteiger partial charge in [0.2, 0.25) is 11.8 Å². The number of aryl methyl sites for hydroxylation is 1. The molecule has 2 amide bonds. The molecular formula is C24H26F2N4O3. The van der Waals surface area contributed by atoms with E-state index in [1.54, 1.807) is 30.0 Å². The second-order valence-corrected chi connectivity index (χ2v) is 8.73. The highest BCUT2D eigenvalue weighted by atomic mass is 19.1. The molecule has 2 fully saturated rings. The van der Waals surface area contributed by atoms with Gasteiger partial charge in [-0.25, -0.2) is 8.78 Å². The summed E-state index contributed by atoms with van der Waals surface area (Å²) >= 11 is 0. The minimum atomic E-state index is -1.30. The molecule has 1 N–H and O–H groups in total. The number of halogens is 2. The van der Waals surface area contributed by atoms with Crippen LogP contribution < -0.4 is 10.2 Å². The average Bonchev–Trinajstić information content (AvgIpc) is 3.05. The van der Waals surface area contributed by atoms with Crippen LogP contribution in [0.4, 0.5) is 14.5 Å². The van der Waals surface area contributed by atoms with Gasteiger partial charge in [-0.05, 0) is 44.5 Å². The molecule has 0 bridgehead atoms. The van der Waals surface area contributed by atoms with E-state index in [2.05, 4.69) is 10.3 Å². The van der Waals surface area contributed by atoms with Crippen LogP contribution in [-0.2, 0) is 19.9 Å². The number of benzene rings is 1. The molecule has 2 atom stereocenters. The Bertz CT molecular complexity index is 1090. The highest BCUT2D eigenvalue weighted by molar-refractivity contribution is 6.10. The second kappa shape index (κ2) is 8.88. The number of hydrogen-bond acceptors (Lipinski definition) is 5. The van der Waals surface area contributed by atoms with Gasteiger partial charge < -0.3 is 15.1 Å². The minimum Gasteiger partial charge on any atom is -0.365 e. The van der Waals surface area contributed by atoms with Gasteiger partial charge in [0.25, 0.3) is 0 Å². The van der Waals surface area contributed by atoms with Gasteiger partial charge in [-0.3, -0.25) is 19.4 Å². The van der Waals surface area contributed by atoms with E-state index in [9.17, 15) is 23.2 Å². The van der Waals surface area contributed by atoms with Crippen LogP contribution in [0.25, 0.3) is 0 Å². The van der Waals surface area contributed by atoms with Gasteiger partial charge in [0, 0.05) is 49.5 Å². The second-order valence-electron chi connectivity index (χ2n) is 8.73. The van der Waals surface area contributed by atoms with Crippen LogP contribution in [0.15, 0.2) is 36.4 Å². The Morgan fingerprint density at radius 3 is 2.52 bits per heavy atom. The molecule has 0 radical (unpaired) electrons. The Labute approximate surface area is 190 Å². The van der Waals surface area contributed by atoms with Crippen molar-refractivity contribution in [1.29, 1.82) is 0 Å². The summed E-state index contributed by atoms with van der Waals surface area (Å²) in [5, 5.41) is 2.77. The minimum absolute atomic E-state index is 0.0585. The third-order valence-corrected chi connectivity index (χ3v) is 6.35. The first-order valence-corrected chi connectivity index (χ1v) is 11.0. The summed E-state index contributed by atoms with van der Waals surface area (Å²) < 4.78 is 27.3. The largest absolute Gasteiger partial charge is 0.365 e. The zero-order valence-electron chi connectivity index (χ0n) is 18.6. The number of amides is 2. The van der Waals surface area contributed by atoms with Crippen molar-refractivity contribution in [2.24, 2.45) is 0 Å². The molecule has 0 aliphatic carbocycles. The Morgan fingerprint density at radius 1 is 1.18 bits per heavy atom. The third kappa shape index (κ3) is 4.58. The molecule has 174 valence electrons. The number of carbonyl (C=O) groups is 3. The topological polar surface area (TPSA) is 82.6 Å². The molecule has 7 nitrogen and oxygen atoms in total. The Balaban J connectivity index is 1.45. The fraction of sp³-hybridized carbons (Fsp3) is 0.417. The number of nitrogens with one attached hydrogen (secondary N) is 1. The number of carbonyl (C=O) groups excluding carboxylic acids is 3. The highest BCUT2D eigenvalue weighted by Crippen LogP contribution is 2.33. The lowest BCUT2D eigenvalue weighted by Crippen LogP contribution is -2.54. The summed E-state index contributed by atoms with van der Waals surface area (Å²) in [6, 6.07) is 8.51. The lowest BCUT2D eigenvalue weighted by atomic mass is 9.86. The predicted octanol–water partition coefficient (Wildman–Crippen LogP) is 2.47. The zero-order valence-corrected chi connectivity index (χ0v) is 18.6. The molecule has 4 rings (SSSR count). The van der Waals surface area contributed by atoms with Crippen LogP contribution in [0.1, 0.15) is 37.6 Å². The van der Waals surface area contributed by atoms with Crippen molar-refractivity contribution in [3.05, 3.63) is 59.4 Å². The van der Waals surface area contributed by atoms with E-state index in [0.717, 1.165) is 6.07 Å². The maximum absolute atomic E-state index is 13.6. The van der Waals surface area contributed by atoms with E-state index in [1.165, 1.54) is 12.1 Å². The molecule has 1 aromatic carbocycles. The summed E-state index contributed by atoms with van der Waals surface area (Å²) in [6.07, 6.45) is -0.0523. The number of nitrogens with zero attached hydrogens (tertiary/aromatic N) is 3. The first kappa shape index (κ1) is 22.8. The highest BCUT2D eigenvalue weighted by Gasteiger charge is 2.48. The number of Topliss-reactive ketones (excluding diaryl/α,β-unsaturated/α-hetero) is 1. The first-order valence-electron chi connectivity index (χ1n) is 11.0. The fourth-order valence-corrected chi connectivity index (χ4v) is 4.69. The molecule has 2 aromatic rings. The van der Waals surface area contributed by atoms with Crippen molar-refractivity contribution >= 4 is 23.3 Å². The van der Waals surface area contributed by atoms with Crippen LogP contribution >= 0.6 is 0 Å². The molecule has 1 aromatic heterocycles. The smallest absolute Gasteiger partial charge is 0.228 e. The molecule has 3 heterocycles. The zero-order chi connectivity index (χ0) is 23.8. The standard InChI is InChI=1S/C24H26F2N4O3/c1-15-4-3-5-20(27-15)24(21(31)13-22(32)28-24)7-6-23(33)29-8-9-30(16(2)14-29)19-11-17(25)10-18(26)12-19/h3-5,10-12,16H,6-9,13-14H2,1-2H3,(H,28,32)/t16-,24?/m0/s1.